The largest absolute Gasteiger partial charge is 0.396 e. The molecule has 1 unspecified atom stereocenters. The fourth-order valence-corrected chi connectivity index (χ4v) is 4.40. The molecule has 0 fully saturated rings. The molecule has 0 bridgehead atoms. The van der Waals surface area contributed by atoms with Crippen LogP contribution in [-0.4, -0.2) is 41.6 Å². The molecule has 26 heavy (non-hydrogen) atoms. The second-order valence-electron chi connectivity index (χ2n) is 5.92. The molecule has 2 N–H and O–H groups in total. The normalized spacial score (nSPS) is 12.2. The third-order valence-corrected chi connectivity index (χ3v) is 6.17. The summed E-state index contributed by atoms with van der Waals surface area (Å²) in [6.45, 7) is 2.52. The van der Waals surface area contributed by atoms with E-state index in [1.165, 1.54) is 5.56 Å². The Morgan fingerprint density at radius 2 is 1.92 bits per heavy atom. The molecular weight excluding hydrogens is 364 g/mol. The summed E-state index contributed by atoms with van der Waals surface area (Å²) in [5, 5.41) is 13.8. The Bertz CT molecular complexity index is 573. The number of aliphatic hydroxyl groups excluding tert-OH is 1. The van der Waals surface area contributed by atoms with Crippen molar-refractivity contribution in [2.75, 3.05) is 25.5 Å². The minimum Gasteiger partial charge on any atom is -0.396 e. The molecule has 6 heteroatoms. The molecule has 1 aromatic carbocycles. The van der Waals surface area contributed by atoms with Crippen molar-refractivity contribution in [3.63, 3.8) is 0 Å². The van der Waals surface area contributed by atoms with Crippen molar-refractivity contribution in [3.8, 4) is 0 Å². The molecule has 0 saturated heterocycles. The molecule has 0 spiro atoms. The van der Waals surface area contributed by atoms with Gasteiger partial charge in [0.25, 0.3) is 0 Å². The Labute approximate surface area is 164 Å². The predicted molar refractivity (Wildman–Crippen MR) is 111 cm³/mol. The van der Waals surface area contributed by atoms with Crippen molar-refractivity contribution >= 4 is 21.6 Å². The fraction of sp³-hybridized carbons (Fsp3) is 0.450. The standard InChI is InChI=1S/C20H28N2O2S2/c23-14-10-19(11-15-24-17-18-7-2-1-3-8-18)21-13-6-16-25-26-20-9-4-5-12-22-20/h1-5,7-9,12,19,21,23H,6,10-11,13-17H2. The number of hydrogen-bond acceptors (Lipinski definition) is 6. The number of aliphatic hydroxyl groups is 1. The van der Waals surface area contributed by atoms with E-state index >= 15 is 0 Å². The maximum atomic E-state index is 9.24. The first-order chi connectivity index (χ1) is 12.9. The van der Waals surface area contributed by atoms with Gasteiger partial charge in [0.15, 0.2) is 0 Å². The molecule has 1 aromatic heterocycles. The van der Waals surface area contributed by atoms with Gasteiger partial charge in [-0.3, -0.25) is 0 Å². The number of nitrogens with zero attached hydrogens (tertiary/aromatic N) is 1. The Morgan fingerprint density at radius 3 is 2.69 bits per heavy atom. The van der Waals surface area contributed by atoms with Crippen LogP contribution >= 0.6 is 21.6 Å². The van der Waals surface area contributed by atoms with Gasteiger partial charge >= 0.3 is 0 Å². The molecular formula is C20H28N2O2S2. The SMILES string of the molecule is OCCC(CCOCc1ccccc1)NCCCSSc1ccccn1. The molecule has 0 aliphatic rings. The van der Waals surface area contributed by atoms with Crippen LogP contribution in [0.5, 0.6) is 0 Å². The second-order valence-corrected chi connectivity index (χ2v) is 8.35. The van der Waals surface area contributed by atoms with Gasteiger partial charge in [-0.25, -0.2) is 4.98 Å². The van der Waals surface area contributed by atoms with E-state index in [9.17, 15) is 5.11 Å². The smallest absolute Gasteiger partial charge is 0.106 e. The lowest BCUT2D eigenvalue weighted by Crippen LogP contribution is -2.32. The first-order valence-electron chi connectivity index (χ1n) is 9.05. The van der Waals surface area contributed by atoms with Crippen LogP contribution in [0.15, 0.2) is 59.8 Å². The van der Waals surface area contributed by atoms with E-state index in [2.05, 4.69) is 22.4 Å². The molecule has 2 rings (SSSR count). The van der Waals surface area contributed by atoms with Crippen molar-refractivity contribution in [3.05, 3.63) is 60.3 Å². The molecule has 4 nitrogen and oxygen atoms in total. The van der Waals surface area contributed by atoms with Crippen molar-refractivity contribution in [1.82, 2.24) is 10.3 Å². The summed E-state index contributed by atoms with van der Waals surface area (Å²) < 4.78 is 5.75. The zero-order chi connectivity index (χ0) is 18.3. The quantitative estimate of drug-likeness (QED) is 0.372. The van der Waals surface area contributed by atoms with E-state index in [0.29, 0.717) is 19.3 Å². The van der Waals surface area contributed by atoms with E-state index in [1.54, 1.807) is 10.8 Å². The summed E-state index contributed by atoms with van der Waals surface area (Å²) in [4.78, 5) is 4.30. The van der Waals surface area contributed by atoms with Crippen LogP contribution < -0.4 is 5.32 Å². The van der Waals surface area contributed by atoms with Gasteiger partial charge < -0.3 is 15.2 Å². The van der Waals surface area contributed by atoms with Crippen molar-refractivity contribution < 1.29 is 9.84 Å². The number of rotatable bonds is 14. The Hall–Kier alpha value is -1.05. The van der Waals surface area contributed by atoms with Crippen molar-refractivity contribution in [1.29, 1.82) is 0 Å². The Balaban J connectivity index is 1.51. The third kappa shape index (κ3) is 9.59. The summed E-state index contributed by atoms with van der Waals surface area (Å²) >= 11 is 0. The number of ether oxygens (including phenoxy) is 1. The third-order valence-electron chi connectivity index (χ3n) is 3.82. The second kappa shape index (κ2) is 14.1. The molecule has 2 aromatic rings. The molecule has 0 aliphatic carbocycles. The van der Waals surface area contributed by atoms with E-state index in [1.807, 2.05) is 53.4 Å². The van der Waals surface area contributed by atoms with Gasteiger partial charge in [-0.15, -0.1) is 0 Å². The highest BCUT2D eigenvalue weighted by Gasteiger charge is 2.07. The van der Waals surface area contributed by atoms with Gasteiger partial charge in [-0.1, -0.05) is 47.2 Å². The van der Waals surface area contributed by atoms with Crippen LogP contribution in [0.2, 0.25) is 0 Å². The Kier molecular flexibility index (Phi) is 11.5. The Morgan fingerprint density at radius 1 is 1.08 bits per heavy atom. The summed E-state index contributed by atoms with van der Waals surface area (Å²) in [7, 11) is 3.55. The van der Waals surface area contributed by atoms with Gasteiger partial charge in [0.05, 0.1) is 6.61 Å². The van der Waals surface area contributed by atoms with E-state index in [4.69, 9.17) is 4.74 Å². The number of pyridine rings is 1. The van der Waals surface area contributed by atoms with Gasteiger partial charge in [0.1, 0.15) is 5.03 Å². The van der Waals surface area contributed by atoms with Crippen LogP contribution in [0, 0.1) is 0 Å². The average molecular weight is 393 g/mol. The minimum absolute atomic E-state index is 0.209. The highest BCUT2D eigenvalue weighted by atomic mass is 33.1. The van der Waals surface area contributed by atoms with Crippen LogP contribution in [0.4, 0.5) is 0 Å². The summed E-state index contributed by atoms with van der Waals surface area (Å²) in [5.41, 5.74) is 1.20. The topological polar surface area (TPSA) is 54.4 Å². The van der Waals surface area contributed by atoms with Gasteiger partial charge in [0, 0.05) is 31.2 Å². The first-order valence-corrected chi connectivity index (χ1v) is 11.4. The number of hydrogen-bond donors (Lipinski definition) is 2. The molecule has 0 radical (unpaired) electrons. The van der Waals surface area contributed by atoms with Crippen LogP contribution in [0.1, 0.15) is 24.8 Å². The lowest BCUT2D eigenvalue weighted by Gasteiger charge is -2.17. The van der Waals surface area contributed by atoms with Gasteiger partial charge in [-0.2, -0.15) is 0 Å². The summed E-state index contributed by atoms with van der Waals surface area (Å²) in [5.74, 6) is 1.07. The average Bonchev–Trinajstić information content (AvgIpc) is 2.69. The molecule has 0 saturated carbocycles. The van der Waals surface area contributed by atoms with Crippen LogP contribution in [0.3, 0.4) is 0 Å². The maximum Gasteiger partial charge on any atom is 0.106 e. The minimum atomic E-state index is 0.209. The number of benzene rings is 1. The van der Waals surface area contributed by atoms with Gasteiger partial charge in [-0.05, 0) is 54.3 Å². The lowest BCUT2D eigenvalue weighted by molar-refractivity contribution is 0.108. The molecule has 142 valence electrons. The molecule has 1 heterocycles. The predicted octanol–water partition coefficient (Wildman–Crippen LogP) is 4.16. The highest BCUT2D eigenvalue weighted by molar-refractivity contribution is 8.76. The van der Waals surface area contributed by atoms with E-state index < -0.39 is 0 Å². The lowest BCUT2D eigenvalue weighted by atomic mass is 10.1. The van der Waals surface area contributed by atoms with E-state index in [-0.39, 0.29) is 6.61 Å². The zero-order valence-corrected chi connectivity index (χ0v) is 16.7. The molecule has 1 atom stereocenters. The monoisotopic (exact) mass is 392 g/mol. The zero-order valence-electron chi connectivity index (χ0n) is 15.0. The van der Waals surface area contributed by atoms with Crippen molar-refractivity contribution in [2.45, 2.75) is 36.9 Å². The number of aromatic nitrogens is 1. The first kappa shape index (κ1) is 21.3. The van der Waals surface area contributed by atoms with Gasteiger partial charge in [0.2, 0.25) is 0 Å². The number of nitrogens with one attached hydrogen (secondary N) is 1. The fourth-order valence-electron chi connectivity index (χ4n) is 2.43. The van der Waals surface area contributed by atoms with Crippen LogP contribution in [-0.2, 0) is 11.3 Å². The highest BCUT2D eigenvalue weighted by Crippen LogP contribution is 2.29. The molecule has 0 aliphatic heterocycles. The van der Waals surface area contributed by atoms with Crippen LogP contribution in [0.25, 0.3) is 0 Å². The maximum absolute atomic E-state index is 9.24. The van der Waals surface area contributed by atoms with Crippen molar-refractivity contribution in [2.24, 2.45) is 0 Å². The summed E-state index contributed by atoms with van der Waals surface area (Å²) in [6.07, 6.45) is 4.61. The van der Waals surface area contributed by atoms with E-state index in [0.717, 1.165) is 36.6 Å². The molecule has 0 amide bonds. The summed E-state index contributed by atoms with van der Waals surface area (Å²) in [6, 6.07) is 16.5.